The van der Waals surface area contributed by atoms with E-state index in [0.717, 1.165) is 11.6 Å². The fourth-order valence-corrected chi connectivity index (χ4v) is 3.86. The number of aryl methyl sites for hydroxylation is 1. The summed E-state index contributed by atoms with van der Waals surface area (Å²) in [6.45, 7) is 0.654. The maximum Gasteiger partial charge on any atom is 0.573 e. The molecule has 2 unspecified atom stereocenters. The number of rotatable bonds is 14. The molecule has 10 nitrogen and oxygen atoms in total. The molecule has 0 fully saturated rings. The van der Waals surface area contributed by atoms with Gasteiger partial charge in [-0.3, -0.25) is 14.4 Å². The first-order valence-corrected chi connectivity index (χ1v) is 12.7. The minimum absolute atomic E-state index is 0.0316. The maximum atomic E-state index is 13.5. The normalized spacial score (nSPS) is 13.2. The predicted molar refractivity (Wildman–Crippen MR) is 141 cm³/mol. The summed E-state index contributed by atoms with van der Waals surface area (Å²) in [7, 11) is 0. The summed E-state index contributed by atoms with van der Waals surface area (Å²) in [6, 6.07) is 7.49. The van der Waals surface area contributed by atoms with Crippen molar-refractivity contribution in [2.24, 2.45) is 17.2 Å². The lowest BCUT2D eigenvalue weighted by Gasteiger charge is -2.24. The van der Waals surface area contributed by atoms with E-state index in [9.17, 15) is 40.7 Å². The van der Waals surface area contributed by atoms with Gasteiger partial charge in [-0.25, -0.2) is 0 Å². The highest BCUT2D eigenvalue weighted by molar-refractivity contribution is 5.98. The number of alkyl halides is 6. The van der Waals surface area contributed by atoms with Gasteiger partial charge in [0.15, 0.2) is 0 Å². The Bertz CT molecular complexity index is 1190. The molecule has 0 aliphatic rings. The quantitative estimate of drug-likeness (QED) is 0.206. The number of carbonyl (C=O) groups excluding carboxylic acids is 3. The number of carbonyl (C=O) groups is 3. The average Bonchev–Trinajstić information content (AvgIpc) is 2.90. The van der Waals surface area contributed by atoms with Crippen LogP contribution in [0.4, 0.5) is 32.0 Å². The summed E-state index contributed by atoms with van der Waals surface area (Å²) in [5, 5.41) is 4.59. The van der Waals surface area contributed by atoms with E-state index >= 15 is 0 Å². The van der Waals surface area contributed by atoms with Crippen LogP contribution in [0.25, 0.3) is 0 Å². The van der Waals surface area contributed by atoms with Gasteiger partial charge in [-0.15, -0.1) is 13.2 Å². The van der Waals surface area contributed by atoms with Crippen molar-refractivity contribution in [3.63, 3.8) is 0 Å². The topological polar surface area (TPSA) is 166 Å². The van der Waals surface area contributed by atoms with Gasteiger partial charge in [-0.1, -0.05) is 30.3 Å². The molecule has 0 heterocycles. The first-order chi connectivity index (χ1) is 19.6. The molecule has 0 aliphatic carbocycles. The van der Waals surface area contributed by atoms with Crippen LogP contribution < -0.4 is 32.6 Å². The molecular weight excluding hydrogens is 574 g/mol. The lowest BCUT2D eigenvalue weighted by molar-refractivity contribution is -0.276. The van der Waals surface area contributed by atoms with Gasteiger partial charge in [-0.2, -0.15) is 13.2 Å². The summed E-state index contributed by atoms with van der Waals surface area (Å²) in [6.07, 6.45) is -10.8. The SMILES string of the molecule is NCCN(CCN)C(=O)CC(N)C(=O)NC(CCc1ccccc1)C(=O)Nc1ccc(OC(F)(F)F)c(C(F)(F)F)c1. The molecule has 0 aliphatic heterocycles. The number of ether oxygens (including phenoxy) is 1. The zero-order valence-corrected chi connectivity index (χ0v) is 22.3. The summed E-state index contributed by atoms with van der Waals surface area (Å²) in [4.78, 5) is 39.8. The van der Waals surface area contributed by atoms with Gasteiger partial charge >= 0.3 is 12.5 Å². The van der Waals surface area contributed by atoms with E-state index in [1.807, 2.05) is 0 Å². The summed E-state index contributed by atoms with van der Waals surface area (Å²) in [5.41, 5.74) is 15.4. The minimum atomic E-state index is -5.39. The molecule has 0 spiro atoms. The fraction of sp³-hybridized carbons (Fsp3) is 0.423. The lowest BCUT2D eigenvalue weighted by Crippen LogP contribution is -2.52. The minimum Gasteiger partial charge on any atom is -0.405 e. The van der Waals surface area contributed by atoms with E-state index in [1.54, 1.807) is 30.3 Å². The lowest BCUT2D eigenvalue weighted by atomic mass is 10.0. The number of nitrogens with zero attached hydrogens (tertiary/aromatic N) is 1. The molecular formula is C26H32F6N6O4. The molecule has 42 heavy (non-hydrogen) atoms. The van der Waals surface area contributed by atoms with Gasteiger partial charge in [0.2, 0.25) is 17.7 Å². The molecule has 0 saturated carbocycles. The van der Waals surface area contributed by atoms with Crippen molar-refractivity contribution in [3.05, 3.63) is 59.7 Å². The van der Waals surface area contributed by atoms with Crippen LogP contribution in [0.3, 0.4) is 0 Å². The van der Waals surface area contributed by atoms with Crippen LogP contribution in [-0.2, 0) is 27.0 Å². The number of benzene rings is 2. The smallest absolute Gasteiger partial charge is 0.405 e. The van der Waals surface area contributed by atoms with Crippen LogP contribution in [0.1, 0.15) is 24.0 Å². The average molecular weight is 607 g/mol. The number of amides is 3. The van der Waals surface area contributed by atoms with E-state index in [2.05, 4.69) is 15.4 Å². The van der Waals surface area contributed by atoms with Crippen LogP contribution >= 0.6 is 0 Å². The summed E-state index contributed by atoms with van der Waals surface area (Å²) >= 11 is 0. The largest absolute Gasteiger partial charge is 0.573 e. The van der Waals surface area contributed by atoms with Crippen LogP contribution in [0.5, 0.6) is 5.75 Å². The van der Waals surface area contributed by atoms with E-state index in [-0.39, 0.29) is 45.1 Å². The first kappa shape index (κ1) is 34.3. The molecule has 2 aromatic carbocycles. The zero-order valence-electron chi connectivity index (χ0n) is 22.3. The van der Waals surface area contributed by atoms with Crippen molar-refractivity contribution in [2.45, 2.75) is 43.9 Å². The Morgan fingerprint density at radius 1 is 0.905 bits per heavy atom. The Labute approximate surface area is 237 Å². The second-order valence-electron chi connectivity index (χ2n) is 9.10. The third-order valence-electron chi connectivity index (χ3n) is 5.86. The number of halogens is 6. The Balaban J connectivity index is 2.24. The van der Waals surface area contributed by atoms with Crippen LogP contribution in [0.15, 0.2) is 48.5 Å². The molecule has 232 valence electrons. The number of nitrogens with one attached hydrogen (secondary N) is 2. The molecule has 0 radical (unpaired) electrons. The highest BCUT2D eigenvalue weighted by atomic mass is 19.4. The van der Waals surface area contributed by atoms with Crippen molar-refractivity contribution >= 4 is 23.4 Å². The number of hydrogen-bond donors (Lipinski definition) is 5. The zero-order chi connectivity index (χ0) is 31.5. The van der Waals surface area contributed by atoms with Crippen LogP contribution in [0.2, 0.25) is 0 Å². The Morgan fingerprint density at radius 3 is 2.07 bits per heavy atom. The van der Waals surface area contributed by atoms with Gasteiger partial charge in [0, 0.05) is 31.9 Å². The monoisotopic (exact) mass is 606 g/mol. The molecule has 0 aromatic heterocycles. The molecule has 2 atom stereocenters. The van der Waals surface area contributed by atoms with Gasteiger partial charge in [0.05, 0.1) is 18.0 Å². The van der Waals surface area contributed by atoms with Gasteiger partial charge < -0.3 is 37.5 Å². The van der Waals surface area contributed by atoms with Gasteiger partial charge in [-0.05, 0) is 36.6 Å². The van der Waals surface area contributed by atoms with Crippen molar-refractivity contribution in [2.75, 3.05) is 31.5 Å². The van der Waals surface area contributed by atoms with E-state index < -0.39 is 65.8 Å². The second-order valence-corrected chi connectivity index (χ2v) is 9.10. The van der Waals surface area contributed by atoms with Gasteiger partial charge in [0.1, 0.15) is 11.8 Å². The second kappa shape index (κ2) is 15.4. The molecule has 8 N–H and O–H groups in total. The van der Waals surface area contributed by atoms with E-state index in [0.29, 0.717) is 6.07 Å². The third-order valence-corrected chi connectivity index (χ3v) is 5.86. The Hall–Kier alpha value is -3.89. The van der Waals surface area contributed by atoms with E-state index in [4.69, 9.17) is 17.2 Å². The van der Waals surface area contributed by atoms with Crippen molar-refractivity contribution < 1.29 is 45.5 Å². The summed E-state index contributed by atoms with van der Waals surface area (Å²) in [5.74, 6) is -3.86. The molecule has 3 amide bonds. The number of hydrogen-bond acceptors (Lipinski definition) is 7. The summed E-state index contributed by atoms with van der Waals surface area (Å²) < 4.78 is 81.6. The first-order valence-electron chi connectivity index (χ1n) is 12.7. The standard InChI is InChI=1S/C26H32F6N6O4/c27-25(28,29)18-14-17(7-9-21(18)42-26(30,31)32)36-24(41)20(8-6-16-4-2-1-3-5-16)37-23(40)19(35)15-22(39)38(12-10-33)13-11-34/h1-5,7,9,14,19-20H,6,8,10-13,15,33-35H2,(H,36,41)(H,37,40). The van der Waals surface area contributed by atoms with Crippen LogP contribution in [0, 0.1) is 0 Å². The van der Waals surface area contributed by atoms with Gasteiger partial charge in [0.25, 0.3) is 0 Å². The van der Waals surface area contributed by atoms with Crippen molar-refractivity contribution in [1.82, 2.24) is 10.2 Å². The molecule has 0 bridgehead atoms. The predicted octanol–water partition coefficient (Wildman–Crippen LogP) is 2.12. The molecule has 2 aromatic rings. The Morgan fingerprint density at radius 2 is 1.52 bits per heavy atom. The van der Waals surface area contributed by atoms with E-state index in [1.165, 1.54) is 4.90 Å². The fourth-order valence-electron chi connectivity index (χ4n) is 3.86. The Kier molecular flexibility index (Phi) is 12.6. The number of anilines is 1. The molecule has 2 rings (SSSR count). The number of nitrogens with two attached hydrogens (primary N) is 3. The third kappa shape index (κ3) is 11.2. The van der Waals surface area contributed by atoms with Crippen molar-refractivity contribution in [1.29, 1.82) is 0 Å². The van der Waals surface area contributed by atoms with Crippen molar-refractivity contribution in [3.8, 4) is 5.75 Å². The maximum absolute atomic E-state index is 13.5. The highest BCUT2D eigenvalue weighted by Crippen LogP contribution is 2.39. The molecule has 16 heteroatoms. The highest BCUT2D eigenvalue weighted by Gasteiger charge is 2.40. The molecule has 0 saturated heterocycles. The van der Waals surface area contributed by atoms with Crippen LogP contribution in [-0.4, -0.2) is 67.2 Å².